The van der Waals surface area contributed by atoms with Crippen molar-refractivity contribution >= 4 is 38.9 Å². The lowest BCUT2D eigenvalue weighted by molar-refractivity contribution is -0.138. The fourth-order valence-electron chi connectivity index (χ4n) is 1.39. The minimum Gasteiger partial charge on any atom is -0.481 e. The first-order valence-electron chi connectivity index (χ1n) is 5.52. The van der Waals surface area contributed by atoms with Crippen LogP contribution in [-0.4, -0.2) is 25.5 Å². The minimum absolute atomic E-state index is 0.0807. The van der Waals surface area contributed by atoms with Crippen LogP contribution in [0.2, 0.25) is 4.34 Å². The van der Waals surface area contributed by atoms with Gasteiger partial charge in [0.05, 0.1) is 10.8 Å². The highest BCUT2D eigenvalue weighted by atomic mass is 35.5. The van der Waals surface area contributed by atoms with Crippen LogP contribution in [0.3, 0.4) is 0 Å². The number of carboxylic acid groups (broad SMARTS) is 1. The molecule has 5 nitrogen and oxygen atoms in total. The smallest absolute Gasteiger partial charge is 0.304 e. The lowest BCUT2D eigenvalue weighted by atomic mass is 9.85. The molecule has 19 heavy (non-hydrogen) atoms. The molecule has 0 radical (unpaired) electrons. The van der Waals surface area contributed by atoms with E-state index in [1.165, 1.54) is 12.1 Å². The SMILES string of the molecule is CC(C)(C)C(CC(=O)O)NS(=O)(=O)c1ccc(Cl)s1. The van der Waals surface area contributed by atoms with Crippen LogP contribution in [0.1, 0.15) is 27.2 Å². The van der Waals surface area contributed by atoms with Gasteiger partial charge in [0, 0.05) is 6.04 Å². The van der Waals surface area contributed by atoms with Crippen LogP contribution in [0.15, 0.2) is 16.3 Å². The van der Waals surface area contributed by atoms with E-state index in [1.807, 2.05) is 0 Å². The summed E-state index contributed by atoms with van der Waals surface area (Å²) >= 11 is 6.64. The lowest BCUT2D eigenvalue weighted by Crippen LogP contribution is -2.44. The molecule has 0 bridgehead atoms. The van der Waals surface area contributed by atoms with Crippen LogP contribution < -0.4 is 4.72 Å². The second-order valence-corrected chi connectivity index (χ2v) is 8.85. The number of halogens is 1. The molecule has 1 heterocycles. The Morgan fingerprint density at radius 2 is 2.05 bits per heavy atom. The van der Waals surface area contributed by atoms with Crippen LogP contribution in [0.25, 0.3) is 0 Å². The van der Waals surface area contributed by atoms with Crippen LogP contribution >= 0.6 is 22.9 Å². The zero-order valence-corrected chi connectivity index (χ0v) is 13.2. The molecule has 1 atom stereocenters. The zero-order valence-electron chi connectivity index (χ0n) is 10.8. The molecule has 0 aromatic carbocycles. The highest BCUT2D eigenvalue weighted by molar-refractivity contribution is 7.91. The number of carboxylic acids is 1. The Hall–Kier alpha value is -0.630. The van der Waals surface area contributed by atoms with Gasteiger partial charge in [-0.15, -0.1) is 11.3 Å². The standard InChI is InChI=1S/C11H16ClNO4S2/c1-11(2,3)7(6-9(14)15)13-19(16,17)10-5-4-8(12)18-10/h4-5,7,13H,6H2,1-3H3,(H,14,15). The zero-order chi connectivity index (χ0) is 14.8. The van der Waals surface area contributed by atoms with Gasteiger partial charge >= 0.3 is 5.97 Å². The molecule has 0 spiro atoms. The molecule has 1 aromatic heterocycles. The van der Waals surface area contributed by atoms with Gasteiger partial charge in [-0.1, -0.05) is 32.4 Å². The van der Waals surface area contributed by atoms with E-state index in [4.69, 9.17) is 16.7 Å². The summed E-state index contributed by atoms with van der Waals surface area (Å²) in [7, 11) is -3.75. The third kappa shape index (κ3) is 4.76. The molecule has 0 saturated heterocycles. The fraction of sp³-hybridized carbons (Fsp3) is 0.545. The normalized spacial score (nSPS) is 14.3. The number of sulfonamides is 1. The van der Waals surface area contributed by atoms with E-state index < -0.39 is 27.4 Å². The third-order valence-electron chi connectivity index (χ3n) is 2.53. The summed E-state index contributed by atoms with van der Waals surface area (Å²) in [6, 6.07) is 2.19. The summed E-state index contributed by atoms with van der Waals surface area (Å²) in [6.07, 6.45) is -0.276. The van der Waals surface area contributed by atoms with Gasteiger partial charge in [0.25, 0.3) is 0 Å². The second-order valence-electron chi connectivity index (χ2n) is 5.20. The number of rotatable bonds is 5. The van der Waals surface area contributed by atoms with Gasteiger partial charge in [-0.05, 0) is 17.5 Å². The van der Waals surface area contributed by atoms with Crippen LogP contribution in [0.4, 0.5) is 0 Å². The number of aliphatic carboxylic acids is 1. The molecule has 0 saturated carbocycles. The molecule has 0 aliphatic heterocycles. The van der Waals surface area contributed by atoms with E-state index in [0.717, 1.165) is 11.3 Å². The van der Waals surface area contributed by atoms with E-state index in [0.29, 0.717) is 4.34 Å². The van der Waals surface area contributed by atoms with Crippen LogP contribution in [0.5, 0.6) is 0 Å². The monoisotopic (exact) mass is 325 g/mol. The number of thiophene rings is 1. The molecular weight excluding hydrogens is 310 g/mol. The summed E-state index contributed by atoms with van der Waals surface area (Å²) < 4.78 is 27.1. The van der Waals surface area contributed by atoms with Gasteiger partial charge < -0.3 is 5.11 Å². The average molecular weight is 326 g/mol. The van der Waals surface area contributed by atoms with Crippen molar-refractivity contribution in [2.24, 2.45) is 5.41 Å². The van der Waals surface area contributed by atoms with E-state index in [-0.39, 0.29) is 10.6 Å². The Balaban J connectivity index is 2.99. The number of hydrogen-bond acceptors (Lipinski definition) is 4. The molecule has 0 amide bonds. The predicted octanol–water partition coefficient (Wildman–Crippen LogP) is 2.57. The number of carbonyl (C=O) groups is 1. The quantitative estimate of drug-likeness (QED) is 0.871. The van der Waals surface area contributed by atoms with Gasteiger partial charge in [0.2, 0.25) is 10.0 Å². The topological polar surface area (TPSA) is 83.5 Å². The summed E-state index contributed by atoms with van der Waals surface area (Å²) in [4.78, 5) is 10.8. The van der Waals surface area contributed by atoms with Gasteiger partial charge in [-0.25, -0.2) is 13.1 Å². The molecule has 108 valence electrons. The largest absolute Gasteiger partial charge is 0.481 e. The van der Waals surface area contributed by atoms with Crippen molar-refractivity contribution in [1.29, 1.82) is 0 Å². The van der Waals surface area contributed by atoms with Gasteiger partial charge in [0.15, 0.2) is 0 Å². The molecule has 0 fully saturated rings. The Morgan fingerprint density at radius 1 is 1.47 bits per heavy atom. The van der Waals surface area contributed by atoms with Crippen molar-refractivity contribution in [1.82, 2.24) is 4.72 Å². The van der Waals surface area contributed by atoms with E-state index in [1.54, 1.807) is 20.8 Å². The molecule has 0 aliphatic carbocycles. The summed E-state index contributed by atoms with van der Waals surface area (Å²) in [5.41, 5.74) is -0.507. The highest BCUT2D eigenvalue weighted by Gasteiger charge is 2.32. The minimum atomic E-state index is -3.75. The maximum Gasteiger partial charge on any atom is 0.304 e. The fourth-order valence-corrected chi connectivity index (χ4v) is 4.33. The van der Waals surface area contributed by atoms with E-state index in [9.17, 15) is 13.2 Å². The maximum absolute atomic E-state index is 12.1. The number of nitrogens with one attached hydrogen (secondary N) is 1. The summed E-state index contributed by atoms with van der Waals surface area (Å²) in [5.74, 6) is -1.05. The van der Waals surface area contributed by atoms with Crippen molar-refractivity contribution in [2.45, 2.75) is 37.4 Å². The summed E-state index contributed by atoms with van der Waals surface area (Å²) in [6.45, 7) is 5.35. The van der Waals surface area contributed by atoms with Crippen molar-refractivity contribution in [3.8, 4) is 0 Å². The molecule has 1 aromatic rings. The molecule has 0 aliphatic rings. The lowest BCUT2D eigenvalue weighted by Gasteiger charge is -2.29. The van der Waals surface area contributed by atoms with Crippen molar-refractivity contribution in [3.63, 3.8) is 0 Å². The summed E-state index contributed by atoms with van der Waals surface area (Å²) in [5, 5.41) is 8.87. The van der Waals surface area contributed by atoms with Crippen LogP contribution in [-0.2, 0) is 14.8 Å². The van der Waals surface area contributed by atoms with Crippen molar-refractivity contribution in [2.75, 3.05) is 0 Å². The van der Waals surface area contributed by atoms with Crippen molar-refractivity contribution < 1.29 is 18.3 Å². The Kier molecular flexibility index (Phi) is 5.00. The Labute approximate surface area is 121 Å². The van der Waals surface area contributed by atoms with Gasteiger partial charge in [0.1, 0.15) is 4.21 Å². The van der Waals surface area contributed by atoms with Crippen molar-refractivity contribution in [3.05, 3.63) is 16.5 Å². The molecule has 8 heteroatoms. The molecular formula is C11H16ClNO4S2. The predicted molar refractivity (Wildman–Crippen MR) is 75.1 cm³/mol. The second kappa shape index (κ2) is 5.78. The number of hydrogen-bond donors (Lipinski definition) is 2. The highest BCUT2D eigenvalue weighted by Crippen LogP contribution is 2.28. The first kappa shape index (κ1) is 16.4. The first-order chi connectivity index (χ1) is 8.52. The third-order valence-corrected chi connectivity index (χ3v) is 5.73. The Morgan fingerprint density at radius 3 is 2.42 bits per heavy atom. The maximum atomic E-state index is 12.1. The Bertz CT molecular complexity index is 559. The van der Waals surface area contributed by atoms with E-state index >= 15 is 0 Å². The molecule has 1 unspecified atom stereocenters. The molecule has 1 rings (SSSR count). The van der Waals surface area contributed by atoms with Crippen LogP contribution in [0, 0.1) is 5.41 Å². The van der Waals surface area contributed by atoms with Gasteiger partial charge in [-0.3, -0.25) is 4.79 Å². The molecule has 2 N–H and O–H groups in total. The average Bonchev–Trinajstić information content (AvgIpc) is 2.62. The first-order valence-corrected chi connectivity index (χ1v) is 8.19. The van der Waals surface area contributed by atoms with Gasteiger partial charge in [-0.2, -0.15) is 0 Å². The van der Waals surface area contributed by atoms with E-state index in [2.05, 4.69) is 4.72 Å².